The number of hydrogen-bond donors (Lipinski definition) is 1. The van der Waals surface area contributed by atoms with E-state index in [0.717, 1.165) is 16.1 Å². The number of carbonyl (C=O) groups is 1. The molecule has 4 rings (SSSR count). The second-order valence-electron chi connectivity index (χ2n) is 6.49. The van der Waals surface area contributed by atoms with E-state index >= 15 is 0 Å². The molecule has 8 nitrogen and oxygen atoms in total. The third kappa shape index (κ3) is 3.98. The molecular weight excluding hydrogens is 400 g/mol. The zero-order valence-corrected chi connectivity index (χ0v) is 16.7. The first-order valence-electron chi connectivity index (χ1n) is 8.66. The summed E-state index contributed by atoms with van der Waals surface area (Å²) in [6.07, 6.45) is 0.513. The summed E-state index contributed by atoms with van der Waals surface area (Å²) in [5.74, 6) is 0.108. The fraction of sp³-hybridized carbons (Fsp3) is 0.278. The van der Waals surface area contributed by atoms with E-state index in [9.17, 15) is 13.2 Å². The molecule has 3 aromatic rings. The molecule has 0 spiro atoms. The highest BCUT2D eigenvalue weighted by atomic mass is 32.2. The first-order chi connectivity index (χ1) is 13.4. The van der Waals surface area contributed by atoms with Gasteiger partial charge in [0, 0.05) is 30.5 Å². The molecule has 1 aliphatic heterocycles. The van der Waals surface area contributed by atoms with Crippen molar-refractivity contribution in [1.82, 2.24) is 14.4 Å². The predicted molar refractivity (Wildman–Crippen MR) is 104 cm³/mol. The van der Waals surface area contributed by atoms with Crippen molar-refractivity contribution in [1.29, 1.82) is 0 Å². The monoisotopic (exact) mass is 418 g/mol. The van der Waals surface area contributed by atoms with Gasteiger partial charge in [-0.2, -0.15) is 4.31 Å². The van der Waals surface area contributed by atoms with Crippen molar-refractivity contribution in [3.63, 3.8) is 0 Å². The SMILES string of the molecule is Cc1cc(C(=O)Nc2nc3c(s2)CN(S(=O)(=O)Cc2ccccc2)CC3)no1. The number of fused-ring (bicyclic) bond motifs is 1. The molecule has 0 fully saturated rings. The van der Waals surface area contributed by atoms with E-state index < -0.39 is 15.9 Å². The molecule has 0 saturated carbocycles. The van der Waals surface area contributed by atoms with Gasteiger partial charge in [0.1, 0.15) is 5.76 Å². The standard InChI is InChI=1S/C18H18N4O4S2/c1-12-9-15(21-26-12)17(23)20-18-19-14-7-8-22(10-16(14)27-18)28(24,25)11-13-5-3-2-4-6-13/h2-6,9H,7-8,10-11H2,1H3,(H,19,20,23). The number of thiazole rings is 1. The van der Waals surface area contributed by atoms with Crippen molar-refractivity contribution in [3.8, 4) is 0 Å². The number of amides is 1. The van der Waals surface area contributed by atoms with E-state index in [1.165, 1.54) is 15.6 Å². The summed E-state index contributed by atoms with van der Waals surface area (Å²) in [5.41, 5.74) is 1.76. The lowest BCUT2D eigenvalue weighted by molar-refractivity contribution is 0.101. The van der Waals surface area contributed by atoms with E-state index in [0.29, 0.717) is 23.9 Å². The Bertz CT molecular complexity index is 1110. The Hall–Kier alpha value is -2.56. The lowest BCUT2D eigenvalue weighted by Gasteiger charge is -2.25. The Morgan fingerprint density at radius 2 is 2.11 bits per heavy atom. The van der Waals surface area contributed by atoms with Crippen molar-refractivity contribution in [3.05, 3.63) is 64.0 Å². The van der Waals surface area contributed by atoms with Crippen LogP contribution in [0.4, 0.5) is 5.13 Å². The second kappa shape index (κ2) is 7.46. The number of aromatic nitrogens is 2. The van der Waals surface area contributed by atoms with Gasteiger partial charge in [-0.15, -0.1) is 11.3 Å². The smallest absolute Gasteiger partial charge is 0.279 e. The van der Waals surface area contributed by atoms with E-state index in [4.69, 9.17) is 4.52 Å². The Morgan fingerprint density at radius 1 is 1.32 bits per heavy atom. The molecule has 28 heavy (non-hydrogen) atoms. The van der Waals surface area contributed by atoms with Gasteiger partial charge < -0.3 is 4.52 Å². The molecule has 146 valence electrons. The summed E-state index contributed by atoms with van der Waals surface area (Å²) in [5, 5.41) is 6.81. The first kappa shape index (κ1) is 18.8. The van der Waals surface area contributed by atoms with Crippen molar-refractivity contribution < 1.29 is 17.7 Å². The molecule has 10 heteroatoms. The normalized spacial score (nSPS) is 14.6. The molecule has 1 amide bonds. The van der Waals surface area contributed by atoms with Gasteiger partial charge in [-0.3, -0.25) is 10.1 Å². The highest BCUT2D eigenvalue weighted by Gasteiger charge is 2.29. The average Bonchev–Trinajstić information content (AvgIpc) is 3.27. The summed E-state index contributed by atoms with van der Waals surface area (Å²) in [6, 6.07) is 10.7. The maximum atomic E-state index is 12.8. The second-order valence-corrected chi connectivity index (χ2v) is 9.54. The summed E-state index contributed by atoms with van der Waals surface area (Å²) in [6.45, 7) is 2.35. The molecule has 0 bridgehead atoms. The van der Waals surface area contributed by atoms with Crippen LogP contribution >= 0.6 is 11.3 Å². The summed E-state index contributed by atoms with van der Waals surface area (Å²) in [4.78, 5) is 17.5. The quantitative estimate of drug-likeness (QED) is 0.683. The highest BCUT2D eigenvalue weighted by molar-refractivity contribution is 7.88. The number of rotatable bonds is 5. The fourth-order valence-corrected chi connectivity index (χ4v) is 5.57. The van der Waals surface area contributed by atoms with Gasteiger partial charge in [-0.05, 0) is 12.5 Å². The van der Waals surface area contributed by atoms with E-state index in [1.807, 2.05) is 18.2 Å². The average molecular weight is 419 g/mol. The molecular formula is C18H18N4O4S2. The Kier molecular flexibility index (Phi) is 5.00. The molecule has 0 aliphatic carbocycles. The number of carbonyl (C=O) groups excluding carboxylic acids is 1. The number of aryl methyl sites for hydroxylation is 1. The molecule has 0 saturated heterocycles. The number of nitrogens with one attached hydrogen (secondary N) is 1. The van der Waals surface area contributed by atoms with Crippen LogP contribution < -0.4 is 5.32 Å². The molecule has 1 N–H and O–H groups in total. The van der Waals surface area contributed by atoms with Crippen LogP contribution in [0.15, 0.2) is 40.9 Å². The third-order valence-corrected chi connectivity index (χ3v) is 7.16. The van der Waals surface area contributed by atoms with Gasteiger partial charge in [0.2, 0.25) is 10.0 Å². The van der Waals surface area contributed by atoms with Crippen LogP contribution in [-0.4, -0.2) is 35.3 Å². The maximum Gasteiger partial charge on any atom is 0.279 e. The Balaban J connectivity index is 1.46. The summed E-state index contributed by atoms with van der Waals surface area (Å²) < 4.78 is 31.9. The molecule has 0 radical (unpaired) electrons. The van der Waals surface area contributed by atoms with E-state index in [-0.39, 0.29) is 18.0 Å². The zero-order valence-electron chi connectivity index (χ0n) is 15.1. The van der Waals surface area contributed by atoms with Crippen LogP contribution in [-0.2, 0) is 28.7 Å². The zero-order chi connectivity index (χ0) is 19.7. The molecule has 3 heterocycles. The molecule has 1 aromatic carbocycles. The van der Waals surface area contributed by atoms with Gasteiger partial charge in [-0.25, -0.2) is 13.4 Å². The summed E-state index contributed by atoms with van der Waals surface area (Å²) in [7, 11) is -3.43. The number of nitrogens with zero attached hydrogens (tertiary/aromatic N) is 3. The maximum absolute atomic E-state index is 12.8. The van der Waals surface area contributed by atoms with Crippen molar-refractivity contribution in [2.75, 3.05) is 11.9 Å². The third-order valence-electron chi connectivity index (χ3n) is 4.36. The van der Waals surface area contributed by atoms with Gasteiger partial charge in [0.05, 0.1) is 11.4 Å². The number of hydrogen-bond acceptors (Lipinski definition) is 7. The lowest BCUT2D eigenvalue weighted by atomic mass is 10.2. The molecule has 0 atom stereocenters. The topological polar surface area (TPSA) is 105 Å². The number of benzene rings is 1. The van der Waals surface area contributed by atoms with Crippen molar-refractivity contribution in [2.24, 2.45) is 0 Å². The van der Waals surface area contributed by atoms with Crippen molar-refractivity contribution >= 4 is 32.4 Å². The Labute approximate surface area is 166 Å². The van der Waals surface area contributed by atoms with Gasteiger partial charge in [0.15, 0.2) is 10.8 Å². The molecule has 1 aliphatic rings. The number of sulfonamides is 1. The summed E-state index contributed by atoms with van der Waals surface area (Å²) >= 11 is 1.28. The predicted octanol–water partition coefficient (Wildman–Crippen LogP) is 2.58. The van der Waals surface area contributed by atoms with Crippen LogP contribution in [0.3, 0.4) is 0 Å². The number of anilines is 1. The van der Waals surface area contributed by atoms with Crippen molar-refractivity contribution in [2.45, 2.75) is 25.6 Å². The molecule has 0 unspecified atom stereocenters. The largest absolute Gasteiger partial charge is 0.361 e. The minimum Gasteiger partial charge on any atom is -0.361 e. The fourth-order valence-electron chi connectivity index (χ4n) is 2.97. The van der Waals surface area contributed by atoms with Crippen LogP contribution in [0.1, 0.15) is 32.4 Å². The highest BCUT2D eigenvalue weighted by Crippen LogP contribution is 2.30. The van der Waals surface area contributed by atoms with Crippen LogP contribution in [0, 0.1) is 6.92 Å². The Morgan fingerprint density at radius 3 is 2.82 bits per heavy atom. The lowest BCUT2D eigenvalue weighted by Crippen LogP contribution is -2.36. The van der Waals surface area contributed by atoms with Crippen LogP contribution in [0.5, 0.6) is 0 Å². The minimum absolute atomic E-state index is 0.0307. The van der Waals surface area contributed by atoms with Gasteiger partial charge in [-0.1, -0.05) is 35.5 Å². The minimum atomic E-state index is -3.43. The first-order valence-corrected chi connectivity index (χ1v) is 11.1. The van der Waals surface area contributed by atoms with E-state index in [2.05, 4.69) is 15.5 Å². The van der Waals surface area contributed by atoms with E-state index in [1.54, 1.807) is 25.1 Å². The van der Waals surface area contributed by atoms with Gasteiger partial charge >= 0.3 is 0 Å². The van der Waals surface area contributed by atoms with Crippen LogP contribution in [0.25, 0.3) is 0 Å². The molecule has 2 aromatic heterocycles. The van der Waals surface area contributed by atoms with Crippen LogP contribution in [0.2, 0.25) is 0 Å². The van der Waals surface area contributed by atoms with Gasteiger partial charge in [0.25, 0.3) is 5.91 Å².